The van der Waals surface area contributed by atoms with Gasteiger partial charge in [0.15, 0.2) is 0 Å². The molecule has 0 spiro atoms. The zero-order valence-corrected chi connectivity index (χ0v) is 11.8. The van der Waals surface area contributed by atoms with Crippen molar-refractivity contribution in [3.05, 3.63) is 32.8 Å². The minimum absolute atomic E-state index is 0.0604. The number of ether oxygens (including phenoxy) is 1. The molecule has 0 saturated heterocycles. The summed E-state index contributed by atoms with van der Waals surface area (Å²) in [6, 6.07) is 3.10. The molecule has 19 heavy (non-hydrogen) atoms. The fourth-order valence-corrected chi connectivity index (χ4v) is 2.51. The Morgan fingerprint density at radius 1 is 1.53 bits per heavy atom. The molecule has 104 valence electrons. The number of aryl methyl sites for hydroxylation is 1. The highest BCUT2D eigenvalue weighted by Crippen LogP contribution is 2.36. The lowest BCUT2D eigenvalue weighted by Gasteiger charge is -2.40. The summed E-state index contributed by atoms with van der Waals surface area (Å²) in [4.78, 5) is 10.3. The summed E-state index contributed by atoms with van der Waals surface area (Å²) in [5.41, 5.74) is 1.47. The fraction of sp³-hybridized carbons (Fsp3) is 0.538. The Morgan fingerprint density at radius 2 is 2.21 bits per heavy atom. The molecule has 0 amide bonds. The van der Waals surface area contributed by atoms with E-state index in [2.05, 4.69) is 5.32 Å². The molecule has 1 aliphatic rings. The van der Waals surface area contributed by atoms with Crippen LogP contribution >= 0.6 is 11.6 Å². The molecule has 1 saturated carbocycles. The standard InChI is InChI=1S/C13H17ClN2O3/c1-9-6-12(16(17)18)10(14)7-11(9)15-8-13(19-2)4-3-5-13/h6-7,15H,3-5,8H2,1-2H3. The number of methoxy groups -OCH3 is 1. The third-order valence-electron chi connectivity index (χ3n) is 3.79. The topological polar surface area (TPSA) is 64.4 Å². The van der Waals surface area contributed by atoms with Gasteiger partial charge in [-0.1, -0.05) is 11.6 Å². The van der Waals surface area contributed by atoms with Crippen molar-refractivity contribution in [1.29, 1.82) is 0 Å². The van der Waals surface area contributed by atoms with E-state index in [-0.39, 0.29) is 16.3 Å². The highest BCUT2D eigenvalue weighted by atomic mass is 35.5. The first-order valence-electron chi connectivity index (χ1n) is 6.21. The number of nitro benzene ring substituents is 1. The van der Waals surface area contributed by atoms with E-state index < -0.39 is 4.92 Å². The number of hydrogen-bond donors (Lipinski definition) is 1. The van der Waals surface area contributed by atoms with Crippen LogP contribution in [-0.4, -0.2) is 24.2 Å². The Balaban J connectivity index is 2.13. The van der Waals surface area contributed by atoms with Crippen molar-refractivity contribution < 1.29 is 9.66 Å². The first-order valence-corrected chi connectivity index (χ1v) is 6.59. The van der Waals surface area contributed by atoms with Crippen molar-refractivity contribution in [2.75, 3.05) is 19.0 Å². The Bertz CT molecular complexity index is 495. The van der Waals surface area contributed by atoms with Gasteiger partial charge in [-0.2, -0.15) is 0 Å². The van der Waals surface area contributed by atoms with Gasteiger partial charge in [-0.3, -0.25) is 10.1 Å². The van der Waals surface area contributed by atoms with E-state index in [1.165, 1.54) is 12.5 Å². The molecule has 1 N–H and O–H groups in total. The smallest absolute Gasteiger partial charge is 0.288 e. The lowest BCUT2D eigenvalue weighted by Crippen LogP contribution is -2.45. The number of halogens is 1. The molecule has 0 atom stereocenters. The van der Waals surface area contributed by atoms with Crippen molar-refractivity contribution in [1.82, 2.24) is 0 Å². The van der Waals surface area contributed by atoms with Crippen LogP contribution < -0.4 is 5.32 Å². The van der Waals surface area contributed by atoms with Gasteiger partial charge in [-0.15, -0.1) is 0 Å². The summed E-state index contributed by atoms with van der Waals surface area (Å²) in [6.45, 7) is 2.52. The summed E-state index contributed by atoms with van der Waals surface area (Å²) < 4.78 is 5.52. The molecule has 2 rings (SSSR count). The molecular weight excluding hydrogens is 268 g/mol. The van der Waals surface area contributed by atoms with E-state index in [1.807, 2.05) is 6.92 Å². The predicted molar refractivity (Wildman–Crippen MR) is 74.9 cm³/mol. The van der Waals surface area contributed by atoms with Gasteiger partial charge < -0.3 is 10.1 Å². The minimum atomic E-state index is -0.471. The normalized spacial score (nSPS) is 16.8. The molecule has 1 aromatic rings. The van der Waals surface area contributed by atoms with Gasteiger partial charge in [-0.25, -0.2) is 0 Å². The largest absolute Gasteiger partial charge is 0.382 e. The quantitative estimate of drug-likeness (QED) is 0.663. The summed E-state index contributed by atoms with van der Waals surface area (Å²) in [5.74, 6) is 0. The Labute approximate surface area is 117 Å². The van der Waals surface area contributed by atoms with Crippen LogP contribution in [0.2, 0.25) is 5.02 Å². The lowest BCUT2D eigenvalue weighted by molar-refractivity contribution is -0.384. The predicted octanol–water partition coefficient (Wildman–Crippen LogP) is 3.54. The van der Waals surface area contributed by atoms with Gasteiger partial charge in [0, 0.05) is 25.4 Å². The zero-order valence-electron chi connectivity index (χ0n) is 11.0. The Kier molecular flexibility index (Phi) is 3.96. The maximum Gasteiger partial charge on any atom is 0.288 e. The van der Waals surface area contributed by atoms with Gasteiger partial charge in [0.1, 0.15) is 5.02 Å². The van der Waals surface area contributed by atoms with E-state index in [0.29, 0.717) is 6.54 Å². The molecule has 1 aromatic carbocycles. The van der Waals surface area contributed by atoms with Crippen LogP contribution in [0.15, 0.2) is 12.1 Å². The second-order valence-electron chi connectivity index (χ2n) is 4.97. The number of benzene rings is 1. The second kappa shape index (κ2) is 5.35. The summed E-state index contributed by atoms with van der Waals surface area (Å²) in [5, 5.41) is 14.2. The molecule has 0 aromatic heterocycles. The first kappa shape index (κ1) is 14.1. The van der Waals surface area contributed by atoms with Crippen LogP contribution in [0.3, 0.4) is 0 Å². The van der Waals surface area contributed by atoms with Gasteiger partial charge >= 0.3 is 0 Å². The number of nitro groups is 1. The maximum atomic E-state index is 10.8. The van der Waals surface area contributed by atoms with E-state index in [0.717, 1.165) is 24.1 Å². The Hall–Kier alpha value is -1.33. The van der Waals surface area contributed by atoms with Gasteiger partial charge in [-0.05, 0) is 37.8 Å². The van der Waals surface area contributed by atoms with Crippen molar-refractivity contribution in [3.63, 3.8) is 0 Å². The van der Waals surface area contributed by atoms with Crippen molar-refractivity contribution >= 4 is 23.0 Å². The number of nitrogens with zero attached hydrogens (tertiary/aromatic N) is 1. The number of rotatable bonds is 5. The zero-order chi connectivity index (χ0) is 14.0. The SMILES string of the molecule is COC1(CNc2cc(Cl)c([N+](=O)[O-])cc2C)CCC1. The molecule has 6 heteroatoms. The third-order valence-corrected chi connectivity index (χ3v) is 4.09. The third kappa shape index (κ3) is 2.82. The number of hydrogen-bond acceptors (Lipinski definition) is 4. The Morgan fingerprint density at radius 3 is 2.68 bits per heavy atom. The molecule has 0 radical (unpaired) electrons. The van der Waals surface area contributed by atoms with Crippen molar-refractivity contribution in [2.45, 2.75) is 31.8 Å². The van der Waals surface area contributed by atoms with Crippen LogP contribution in [0.25, 0.3) is 0 Å². The van der Waals surface area contributed by atoms with Gasteiger partial charge in [0.05, 0.1) is 10.5 Å². The fourth-order valence-electron chi connectivity index (χ4n) is 2.28. The summed E-state index contributed by atoms with van der Waals surface area (Å²) >= 11 is 5.92. The highest BCUT2D eigenvalue weighted by Gasteiger charge is 2.36. The molecule has 5 nitrogen and oxygen atoms in total. The molecule has 1 aliphatic carbocycles. The number of nitrogens with one attached hydrogen (secondary N) is 1. The second-order valence-corrected chi connectivity index (χ2v) is 5.38. The maximum absolute atomic E-state index is 10.8. The monoisotopic (exact) mass is 284 g/mol. The number of anilines is 1. The average Bonchev–Trinajstić information content (AvgIpc) is 2.31. The summed E-state index contributed by atoms with van der Waals surface area (Å²) in [6.07, 6.45) is 3.25. The van der Waals surface area contributed by atoms with E-state index in [4.69, 9.17) is 16.3 Å². The highest BCUT2D eigenvalue weighted by molar-refractivity contribution is 6.33. The van der Waals surface area contributed by atoms with E-state index in [9.17, 15) is 10.1 Å². The van der Waals surface area contributed by atoms with Gasteiger partial charge in [0.25, 0.3) is 5.69 Å². The molecular formula is C13H17ClN2O3. The molecule has 1 fully saturated rings. The van der Waals surface area contributed by atoms with Gasteiger partial charge in [0.2, 0.25) is 0 Å². The van der Waals surface area contributed by atoms with Crippen LogP contribution in [0.1, 0.15) is 24.8 Å². The van der Waals surface area contributed by atoms with E-state index >= 15 is 0 Å². The van der Waals surface area contributed by atoms with Crippen LogP contribution in [0, 0.1) is 17.0 Å². The average molecular weight is 285 g/mol. The molecule has 0 bridgehead atoms. The van der Waals surface area contributed by atoms with Crippen LogP contribution in [-0.2, 0) is 4.74 Å². The molecule has 0 unspecified atom stereocenters. The van der Waals surface area contributed by atoms with Crippen molar-refractivity contribution in [3.8, 4) is 0 Å². The lowest BCUT2D eigenvalue weighted by atomic mass is 9.80. The van der Waals surface area contributed by atoms with Crippen molar-refractivity contribution in [2.24, 2.45) is 0 Å². The minimum Gasteiger partial charge on any atom is -0.382 e. The summed E-state index contributed by atoms with van der Waals surface area (Å²) in [7, 11) is 1.72. The molecule has 0 aliphatic heterocycles. The first-order chi connectivity index (χ1) is 8.97. The molecule has 0 heterocycles. The van der Waals surface area contributed by atoms with Crippen LogP contribution in [0.4, 0.5) is 11.4 Å². The van der Waals surface area contributed by atoms with Crippen LogP contribution in [0.5, 0.6) is 0 Å². The van der Waals surface area contributed by atoms with E-state index in [1.54, 1.807) is 13.2 Å².